The van der Waals surface area contributed by atoms with Crippen LogP contribution >= 0.6 is 0 Å². The minimum atomic E-state index is -2.12. The van der Waals surface area contributed by atoms with Crippen molar-refractivity contribution in [2.24, 2.45) is 0 Å². The van der Waals surface area contributed by atoms with Crippen LogP contribution in [-0.4, -0.2) is 23.3 Å². The zero-order valence-electron chi connectivity index (χ0n) is 12.0. The Hall–Kier alpha value is -2.46. The number of ketones is 1. The van der Waals surface area contributed by atoms with E-state index in [4.69, 9.17) is 0 Å². The first kappa shape index (κ1) is 13.2. The Labute approximate surface area is 128 Å². The number of benzene rings is 2. The highest BCUT2D eigenvalue weighted by Crippen LogP contribution is 2.42. The zero-order chi connectivity index (χ0) is 15.3. The summed E-state index contributed by atoms with van der Waals surface area (Å²) in [4.78, 5) is 27.4. The maximum Gasteiger partial charge on any atom is 0.271 e. The molecule has 0 bridgehead atoms. The van der Waals surface area contributed by atoms with Gasteiger partial charge in [0, 0.05) is 17.7 Å². The molecular formula is C18H15NO3. The van der Waals surface area contributed by atoms with E-state index in [1.807, 2.05) is 12.1 Å². The van der Waals surface area contributed by atoms with Crippen LogP contribution in [0, 0.1) is 0 Å². The molecule has 22 heavy (non-hydrogen) atoms. The first-order chi connectivity index (χ1) is 10.6. The first-order valence-corrected chi connectivity index (χ1v) is 7.40. The summed E-state index contributed by atoms with van der Waals surface area (Å²) >= 11 is 0. The van der Waals surface area contributed by atoms with Gasteiger partial charge in [-0.2, -0.15) is 0 Å². The van der Waals surface area contributed by atoms with Gasteiger partial charge in [0.1, 0.15) is 0 Å². The van der Waals surface area contributed by atoms with Crippen LogP contribution in [0.3, 0.4) is 0 Å². The van der Waals surface area contributed by atoms with Crippen molar-refractivity contribution in [3.63, 3.8) is 0 Å². The van der Waals surface area contributed by atoms with Crippen LogP contribution in [0.5, 0.6) is 0 Å². The lowest BCUT2D eigenvalue weighted by molar-refractivity contribution is -0.133. The molecule has 2 aromatic carbocycles. The quantitative estimate of drug-likeness (QED) is 0.819. The number of nitrogens with zero attached hydrogens (tertiary/aromatic N) is 1. The van der Waals surface area contributed by atoms with Gasteiger partial charge < -0.3 is 10.0 Å². The number of aryl methyl sites for hydroxylation is 1. The number of rotatable bonds is 1. The SMILES string of the molecule is O=C1c2cccc3c2N(CCC3)C(=O)C1(O)c1ccccc1. The predicted molar refractivity (Wildman–Crippen MR) is 81.8 cm³/mol. The number of carbonyl (C=O) groups excluding carboxylic acids is 2. The van der Waals surface area contributed by atoms with Crippen molar-refractivity contribution >= 4 is 17.4 Å². The van der Waals surface area contributed by atoms with Crippen LogP contribution in [-0.2, 0) is 16.8 Å². The highest BCUT2D eigenvalue weighted by Gasteiger charge is 2.53. The number of hydrogen-bond donors (Lipinski definition) is 1. The highest BCUT2D eigenvalue weighted by atomic mass is 16.3. The Morgan fingerprint density at radius 1 is 1.00 bits per heavy atom. The van der Waals surface area contributed by atoms with Gasteiger partial charge in [-0.15, -0.1) is 0 Å². The van der Waals surface area contributed by atoms with Crippen molar-refractivity contribution in [2.45, 2.75) is 18.4 Å². The number of aliphatic hydroxyl groups is 1. The Bertz CT molecular complexity index is 784. The standard InChI is InChI=1S/C18H15NO3/c20-16-14-10-4-6-12-7-5-11-19(15(12)14)17(21)18(16,22)13-8-2-1-3-9-13/h1-4,6,8-10,22H,5,7,11H2. The molecule has 1 atom stereocenters. The van der Waals surface area contributed by atoms with Gasteiger partial charge in [-0.05, 0) is 24.5 Å². The molecule has 0 aliphatic carbocycles. The summed E-state index contributed by atoms with van der Waals surface area (Å²) in [6, 6.07) is 13.9. The van der Waals surface area contributed by atoms with Gasteiger partial charge in [-0.25, -0.2) is 0 Å². The fourth-order valence-corrected chi connectivity index (χ4v) is 3.46. The molecule has 0 aromatic heterocycles. The average molecular weight is 293 g/mol. The van der Waals surface area contributed by atoms with E-state index in [0.717, 1.165) is 18.4 Å². The van der Waals surface area contributed by atoms with Crippen LogP contribution in [0.1, 0.15) is 27.9 Å². The van der Waals surface area contributed by atoms with Gasteiger partial charge in [0.15, 0.2) is 0 Å². The molecule has 1 amide bonds. The van der Waals surface area contributed by atoms with Crippen LogP contribution in [0.2, 0.25) is 0 Å². The van der Waals surface area contributed by atoms with Crippen molar-refractivity contribution in [2.75, 3.05) is 11.4 Å². The summed E-state index contributed by atoms with van der Waals surface area (Å²) in [6.45, 7) is 0.533. The molecule has 0 spiro atoms. The molecule has 1 N–H and O–H groups in total. The maximum atomic E-state index is 12.9. The number of amides is 1. The molecule has 110 valence electrons. The van der Waals surface area contributed by atoms with E-state index in [2.05, 4.69) is 0 Å². The first-order valence-electron chi connectivity index (χ1n) is 7.40. The topological polar surface area (TPSA) is 57.6 Å². The Balaban J connectivity index is 1.98. The van der Waals surface area contributed by atoms with Gasteiger partial charge >= 0.3 is 0 Å². The van der Waals surface area contributed by atoms with Gasteiger partial charge in [0.2, 0.25) is 11.4 Å². The van der Waals surface area contributed by atoms with Crippen molar-refractivity contribution in [3.05, 3.63) is 65.2 Å². The molecule has 4 heteroatoms. The van der Waals surface area contributed by atoms with Gasteiger partial charge in [-0.3, -0.25) is 9.59 Å². The molecule has 0 fully saturated rings. The molecule has 1 unspecified atom stereocenters. The molecule has 0 saturated heterocycles. The van der Waals surface area contributed by atoms with Crippen LogP contribution in [0.15, 0.2) is 48.5 Å². The van der Waals surface area contributed by atoms with E-state index >= 15 is 0 Å². The van der Waals surface area contributed by atoms with Crippen molar-refractivity contribution in [3.8, 4) is 0 Å². The highest BCUT2D eigenvalue weighted by molar-refractivity contribution is 6.27. The monoisotopic (exact) mass is 293 g/mol. The second-order valence-corrected chi connectivity index (χ2v) is 5.78. The summed E-state index contributed by atoms with van der Waals surface area (Å²) in [5, 5.41) is 11.0. The molecule has 4 rings (SSSR count). The lowest BCUT2D eigenvalue weighted by Crippen LogP contribution is -2.57. The average Bonchev–Trinajstić information content (AvgIpc) is 2.58. The second-order valence-electron chi connectivity index (χ2n) is 5.78. The summed E-state index contributed by atoms with van der Waals surface area (Å²) in [6.07, 6.45) is 1.69. The minimum absolute atomic E-state index is 0.326. The van der Waals surface area contributed by atoms with E-state index < -0.39 is 17.3 Å². The van der Waals surface area contributed by atoms with Gasteiger partial charge in [0.25, 0.3) is 5.91 Å². The summed E-state index contributed by atoms with van der Waals surface area (Å²) in [5.41, 5.74) is 0.323. The number of hydrogen-bond acceptors (Lipinski definition) is 3. The second kappa shape index (κ2) is 4.52. The van der Waals surface area contributed by atoms with E-state index in [1.54, 1.807) is 41.3 Å². The molecule has 2 aromatic rings. The van der Waals surface area contributed by atoms with E-state index in [0.29, 0.717) is 23.4 Å². The number of Topliss-reactive ketones (excluding diaryl/α,β-unsaturated/α-hetero) is 1. The van der Waals surface area contributed by atoms with Crippen LogP contribution in [0.4, 0.5) is 5.69 Å². The summed E-state index contributed by atoms with van der Waals surface area (Å²) in [7, 11) is 0. The number of anilines is 1. The maximum absolute atomic E-state index is 12.9. The smallest absolute Gasteiger partial charge is 0.271 e. The summed E-state index contributed by atoms with van der Waals surface area (Å²) in [5.74, 6) is -1.07. The third-order valence-electron chi connectivity index (χ3n) is 4.54. The molecule has 2 heterocycles. The molecule has 2 aliphatic rings. The Morgan fingerprint density at radius 3 is 2.55 bits per heavy atom. The lowest BCUT2D eigenvalue weighted by Gasteiger charge is -2.41. The van der Waals surface area contributed by atoms with E-state index in [-0.39, 0.29) is 0 Å². The Morgan fingerprint density at radius 2 is 1.77 bits per heavy atom. The third-order valence-corrected chi connectivity index (χ3v) is 4.54. The van der Waals surface area contributed by atoms with Crippen LogP contribution in [0.25, 0.3) is 0 Å². The van der Waals surface area contributed by atoms with Crippen molar-refractivity contribution < 1.29 is 14.7 Å². The molecule has 2 aliphatic heterocycles. The number of carbonyl (C=O) groups is 2. The normalized spacial score (nSPS) is 23.4. The zero-order valence-corrected chi connectivity index (χ0v) is 12.0. The fourth-order valence-electron chi connectivity index (χ4n) is 3.46. The Kier molecular flexibility index (Phi) is 2.71. The largest absolute Gasteiger partial charge is 0.369 e. The predicted octanol–water partition coefficient (Wildman–Crippen LogP) is 2.05. The van der Waals surface area contributed by atoms with Crippen molar-refractivity contribution in [1.82, 2.24) is 0 Å². The van der Waals surface area contributed by atoms with Crippen molar-refractivity contribution in [1.29, 1.82) is 0 Å². The number of para-hydroxylation sites is 1. The molecule has 0 radical (unpaired) electrons. The molecular weight excluding hydrogens is 278 g/mol. The van der Waals surface area contributed by atoms with Gasteiger partial charge in [0.05, 0.1) is 5.69 Å². The molecule has 0 saturated carbocycles. The van der Waals surface area contributed by atoms with Crippen LogP contribution < -0.4 is 4.90 Å². The van der Waals surface area contributed by atoms with E-state index in [9.17, 15) is 14.7 Å². The van der Waals surface area contributed by atoms with Gasteiger partial charge in [-0.1, -0.05) is 42.5 Å². The van der Waals surface area contributed by atoms with E-state index in [1.165, 1.54) is 0 Å². The third kappa shape index (κ3) is 1.56. The minimum Gasteiger partial charge on any atom is -0.369 e. The molecule has 4 nitrogen and oxygen atoms in total. The lowest BCUT2D eigenvalue weighted by atomic mass is 9.78. The fraction of sp³-hybridized carbons (Fsp3) is 0.222. The summed E-state index contributed by atoms with van der Waals surface area (Å²) < 4.78 is 0.